The number of carbonyl (C=O) groups is 1. The van der Waals surface area contributed by atoms with Gasteiger partial charge in [0.15, 0.2) is 5.69 Å². The van der Waals surface area contributed by atoms with Gasteiger partial charge in [-0.2, -0.15) is 0 Å². The smallest absolute Gasteiger partial charge is 0.476 e. The van der Waals surface area contributed by atoms with E-state index in [4.69, 9.17) is 9.52 Å². The second-order valence-corrected chi connectivity index (χ2v) is 3.83. The van der Waals surface area contributed by atoms with Gasteiger partial charge in [0, 0.05) is 6.08 Å². The fraction of sp³-hybridized carbons (Fsp3) is 0.0769. The molecule has 1 heterocycles. The summed E-state index contributed by atoms with van der Waals surface area (Å²) in [6, 6.07) is 5.12. The van der Waals surface area contributed by atoms with Gasteiger partial charge < -0.3 is 14.3 Å². The number of aromatic nitrogens is 1. The number of hydrogen-bond donors (Lipinski definition) is 1. The first kappa shape index (κ1) is 14.6. The van der Waals surface area contributed by atoms with Crippen LogP contribution in [0.3, 0.4) is 0 Å². The maximum Gasteiger partial charge on any atom is 0.573 e. The summed E-state index contributed by atoms with van der Waals surface area (Å²) >= 11 is 0. The Bertz CT molecular complexity index is 659. The number of hydrogen-bond acceptors (Lipinski definition) is 4. The molecular formula is C13H8F3NO4. The van der Waals surface area contributed by atoms with Crippen molar-refractivity contribution in [3.8, 4) is 5.75 Å². The second kappa shape index (κ2) is 5.70. The molecule has 0 bridgehead atoms. The van der Waals surface area contributed by atoms with Crippen molar-refractivity contribution in [3.05, 3.63) is 47.7 Å². The van der Waals surface area contributed by atoms with Gasteiger partial charge in [0.25, 0.3) is 0 Å². The van der Waals surface area contributed by atoms with Crippen LogP contribution in [0.15, 0.2) is 34.9 Å². The lowest BCUT2D eigenvalue weighted by Crippen LogP contribution is -2.16. The van der Waals surface area contributed by atoms with Crippen molar-refractivity contribution in [1.82, 2.24) is 4.98 Å². The lowest BCUT2D eigenvalue weighted by molar-refractivity contribution is -0.274. The summed E-state index contributed by atoms with van der Waals surface area (Å²) in [6.45, 7) is 0. The summed E-state index contributed by atoms with van der Waals surface area (Å²) in [6.07, 6.45) is -0.841. The number of oxazole rings is 1. The van der Waals surface area contributed by atoms with Crippen LogP contribution in [0.25, 0.3) is 12.2 Å². The van der Waals surface area contributed by atoms with E-state index in [9.17, 15) is 18.0 Å². The average Bonchev–Trinajstić information content (AvgIpc) is 2.85. The van der Waals surface area contributed by atoms with Crippen LogP contribution in [0, 0.1) is 0 Å². The van der Waals surface area contributed by atoms with E-state index < -0.39 is 12.3 Å². The average molecular weight is 299 g/mol. The maximum absolute atomic E-state index is 12.0. The number of aromatic carboxylic acids is 1. The molecule has 0 atom stereocenters. The number of nitrogens with zero attached hydrogens (tertiary/aromatic N) is 1. The first-order valence-electron chi connectivity index (χ1n) is 5.56. The zero-order valence-corrected chi connectivity index (χ0v) is 10.3. The predicted molar refractivity (Wildman–Crippen MR) is 65.5 cm³/mol. The molecular weight excluding hydrogens is 291 g/mol. The van der Waals surface area contributed by atoms with Gasteiger partial charge in [-0.15, -0.1) is 13.2 Å². The first-order valence-corrected chi connectivity index (χ1v) is 5.56. The van der Waals surface area contributed by atoms with Gasteiger partial charge >= 0.3 is 12.3 Å². The molecule has 5 nitrogen and oxygen atoms in total. The molecule has 0 aliphatic carbocycles. The third-order valence-electron chi connectivity index (χ3n) is 2.27. The van der Waals surface area contributed by atoms with Crippen LogP contribution in [0.2, 0.25) is 0 Å². The minimum absolute atomic E-state index is 0.0722. The normalized spacial score (nSPS) is 11.8. The van der Waals surface area contributed by atoms with E-state index in [2.05, 4.69) is 9.72 Å². The fourth-order valence-electron chi connectivity index (χ4n) is 1.41. The number of alkyl halides is 3. The number of rotatable bonds is 4. The molecule has 0 saturated carbocycles. The third-order valence-corrected chi connectivity index (χ3v) is 2.27. The van der Waals surface area contributed by atoms with E-state index in [-0.39, 0.29) is 17.3 Å². The van der Waals surface area contributed by atoms with E-state index in [0.717, 1.165) is 18.4 Å². The van der Waals surface area contributed by atoms with Gasteiger partial charge in [-0.1, -0.05) is 12.1 Å². The topological polar surface area (TPSA) is 72.6 Å². The van der Waals surface area contributed by atoms with Crippen LogP contribution in [0.5, 0.6) is 5.75 Å². The quantitative estimate of drug-likeness (QED) is 0.936. The van der Waals surface area contributed by atoms with Gasteiger partial charge in [0.05, 0.1) is 0 Å². The van der Waals surface area contributed by atoms with Crippen molar-refractivity contribution in [2.24, 2.45) is 0 Å². The molecule has 1 aromatic carbocycles. The molecule has 0 aliphatic heterocycles. The molecule has 110 valence electrons. The zero-order valence-electron chi connectivity index (χ0n) is 10.3. The minimum atomic E-state index is -4.73. The lowest BCUT2D eigenvalue weighted by atomic mass is 10.2. The number of carboxylic acids is 1. The van der Waals surface area contributed by atoms with Crippen LogP contribution in [0.4, 0.5) is 13.2 Å². The number of carboxylic acid groups (broad SMARTS) is 1. The van der Waals surface area contributed by atoms with Gasteiger partial charge in [-0.3, -0.25) is 0 Å². The summed E-state index contributed by atoms with van der Waals surface area (Å²) in [4.78, 5) is 14.3. The Kier molecular flexibility index (Phi) is 3.97. The molecule has 0 unspecified atom stereocenters. The van der Waals surface area contributed by atoms with E-state index in [0.29, 0.717) is 5.56 Å². The number of ether oxygens (including phenoxy) is 1. The summed E-state index contributed by atoms with van der Waals surface area (Å²) in [5.41, 5.74) is 0.336. The highest BCUT2D eigenvalue weighted by molar-refractivity contribution is 5.85. The molecule has 0 amide bonds. The predicted octanol–water partition coefficient (Wildman–Crippen LogP) is 3.44. The summed E-state index contributed by atoms with van der Waals surface area (Å²) in [5, 5.41) is 8.65. The molecule has 1 N–H and O–H groups in total. The third kappa shape index (κ3) is 4.37. The molecule has 0 aliphatic rings. The molecule has 0 fully saturated rings. The Morgan fingerprint density at radius 2 is 1.90 bits per heavy atom. The van der Waals surface area contributed by atoms with Gasteiger partial charge in [-0.05, 0) is 23.8 Å². The highest BCUT2D eigenvalue weighted by Gasteiger charge is 2.30. The van der Waals surface area contributed by atoms with Crippen LogP contribution in [-0.2, 0) is 0 Å². The fourth-order valence-corrected chi connectivity index (χ4v) is 1.41. The Hall–Kier alpha value is -2.77. The summed E-state index contributed by atoms with van der Waals surface area (Å²) < 4.78 is 44.5. The molecule has 0 saturated heterocycles. The van der Waals surface area contributed by atoms with Crippen molar-refractivity contribution < 1.29 is 32.2 Å². The van der Waals surface area contributed by atoms with Crippen LogP contribution in [0.1, 0.15) is 21.9 Å². The maximum atomic E-state index is 12.0. The van der Waals surface area contributed by atoms with Crippen LogP contribution < -0.4 is 4.74 Å². The largest absolute Gasteiger partial charge is 0.573 e. The summed E-state index contributed by atoms with van der Waals surface area (Å²) in [5.74, 6) is -1.47. The first-order chi connectivity index (χ1) is 9.83. The minimum Gasteiger partial charge on any atom is -0.476 e. The van der Waals surface area contributed by atoms with Crippen molar-refractivity contribution in [2.45, 2.75) is 6.36 Å². The number of halogens is 3. The van der Waals surface area contributed by atoms with E-state index in [1.165, 1.54) is 24.3 Å². The van der Waals surface area contributed by atoms with Crippen molar-refractivity contribution in [3.63, 3.8) is 0 Å². The van der Waals surface area contributed by atoms with Crippen molar-refractivity contribution in [2.75, 3.05) is 0 Å². The second-order valence-electron chi connectivity index (χ2n) is 3.83. The molecule has 0 spiro atoms. The molecule has 2 rings (SSSR count). The highest BCUT2D eigenvalue weighted by Crippen LogP contribution is 2.23. The highest BCUT2D eigenvalue weighted by atomic mass is 19.4. The lowest BCUT2D eigenvalue weighted by Gasteiger charge is -2.08. The Morgan fingerprint density at radius 1 is 1.24 bits per heavy atom. The summed E-state index contributed by atoms with van der Waals surface area (Å²) in [7, 11) is 0. The molecule has 1 aromatic heterocycles. The molecule has 8 heteroatoms. The Labute approximate surface area is 116 Å². The van der Waals surface area contributed by atoms with Gasteiger partial charge in [0.1, 0.15) is 12.0 Å². The standard InChI is InChI=1S/C13H8F3NO4/c14-13(15,16)21-9-4-1-8(2-5-9)3-6-11-17-10(7-20-11)12(18)19/h1-7H,(H,18,19). The van der Waals surface area contributed by atoms with Gasteiger partial charge in [0.2, 0.25) is 5.89 Å². The van der Waals surface area contributed by atoms with Crippen LogP contribution in [-0.4, -0.2) is 22.4 Å². The Morgan fingerprint density at radius 3 is 2.43 bits per heavy atom. The van der Waals surface area contributed by atoms with E-state index in [1.54, 1.807) is 0 Å². The Balaban J connectivity index is 2.05. The van der Waals surface area contributed by atoms with Gasteiger partial charge in [-0.25, -0.2) is 9.78 Å². The van der Waals surface area contributed by atoms with E-state index in [1.807, 2.05) is 0 Å². The van der Waals surface area contributed by atoms with Crippen molar-refractivity contribution in [1.29, 1.82) is 0 Å². The zero-order chi connectivity index (χ0) is 15.5. The molecule has 2 aromatic rings. The number of benzene rings is 1. The van der Waals surface area contributed by atoms with E-state index >= 15 is 0 Å². The molecule has 21 heavy (non-hydrogen) atoms. The molecule has 0 radical (unpaired) electrons. The monoisotopic (exact) mass is 299 g/mol. The van der Waals surface area contributed by atoms with Crippen LogP contribution >= 0.6 is 0 Å². The SMILES string of the molecule is O=C(O)c1coc(C=Cc2ccc(OC(F)(F)F)cc2)n1. The van der Waals surface area contributed by atoms with Crippen molar-refractivity contribution >= 4 is 18.1 Å².